The standard InChI is InChI=1S/C12H9FN4/c1-8-4-10(16-7-15-8)11-6-14-12-5-9(13)2-3-17(11)12/h2-7H,1H3. The fourth-order valence-corrected chi connectivity index (χ4v) is 1.74. The van der Waals surface area contributed by atoms with Crippen molar-refractivity contribution in [1.29, 1.82) is 0 Å². The van der Waals surface area contributed by atoms with Gasteiger partial charge in [-0.05, 0) is 19.1 Å². The molecule has 0 saturated heterocycles. The van der Waals surface area contributed by atoms with Crippen LogP contribution in [0, 0.1) is 12.7 Å². The van der Waals surface area contributed by atoms with Crippen LogP contribution in [0.5, 0.6) is 0 Å². The molecule has 0 aliphatic carbocycles. The number of aromatic nitrogens is 4. The Bertz CT molecular complexity index is 690. The fraction of sp³-hybridized carbons (Fsp3) is 0.0833. The van der Waals surface area contributed by atoms with Crippen LogP contribution in [0.1, 0.15) is 5.69 Å². The van der Waals surface area contributed by atoms with Crippen LogP contribution in [0.25, 0.3) is 17.0 Å². The van der Waals surface area contributed by atoms with Crippen LogP contribution >= 0.6 is 0 Å². The molecule has 0 radical (unpaired) electrons. The third kappa shape index (κ3) is 1.65. The summed E-state index contributed by atoms with van der Waals surface area (Å²) in [6, 6.07) is 4.65. The molecule has 84 valence electrons. The second kappa shape index (κ2) is 3.62. The summed E-state index contributed by atoms with van der Waals surface area (Å²) >= 11 is 0. The zero-order chi connectivity index (χ0) is 11.8. The molecule has 0 unspecified atom stereocenters. The summed E-state index contributed by atoms with van der Waals surface area (Å²) in [4.78, 5) is 12.4. The Morgan fingerprint density at radius 3 is 2.88 bits per heavy atom. The molecule has 0 N–H and O–H groups in total. The van der Waals surface area contributed by atoms with E-state index in [0.717, 1.165) is 17.1 Å². The van der Waals surface area contributed by atoms with E-state index in [1.54, 1.807) is 16.8 Å². The molecule has 0 saturated carbocycles. The fourth-order valence-electron chi connectivity index (χ4n) is 1.74. The molecular formula is C12H9FN4. The minimum Gasteiger partial charge on any atom is -0.298 e. The van der Waals surface area contributed by atoms with Gasteiger partial charge in [-0.3, -0.25) is 4.40 Å². The molecule has 3 aromatic rings. The second-order valence-electron chi connectivity index (χ2n) is 3.76. The molecule has 17 heavy (non-hydrogen) atoms. The first-order valence-electron chi connectivity index (χ1n) is 5.16. The van der Waals surface area contributed by atoms with E-state index in [9.17, 15) is 4.39 Å². The number of aryl methyl sites for hydroxylation is 1. The molecule has 5 heteroatoms. The Morgan fingerprint density at radius 1 is 1.18 bits per heavy atom. The third-order valence-corrected chi connectivity index (χ3v) is 2.54. The molecular weight excluding hydrogens is 219 g/mol. The monoisotopic (exact) mass is 228 g/mol. The molecule has 0 aromatic carbocycles. The van der Waals surface area contributed by atoms with Gasteiger partial charge in [-0.15, -0.1) is 0 Å². The van der Waals surface area contributed by atoms with Crippen molar-refractivity contribution in [3.63, 3.8) is 0 Å². The lowest BCUT2D eigenvalue weighted by Gasteiger charge is -2.01. The minimum atomic E-state index is -0.298. The van der Waals surface area contributed by atoms with Gasteiger partial charge in [0, 0.05) is 18.0 Å². The lowest BCUT2D eigenvalue weighted by Crippen LogP contribution is -1.92. The van der Waals surface area contributed by atoms with Crippen LogP contribution in [-0.4, -0.2) is 19.4 Å². The van der Waals surface area contributed by atoms with E-state index < -0.39 is 0 Å². The number of pyridine rings is 1. The van der Waals surface area contributed by atoms with E-state index >= 15 is 0 Å². The van der Waals surface area contributed by atoms with Crippen LogP contribution in [0.3, 0.4) is 0 Å². The number of imidazole rings is 1. The molecule has 4 nitrogen and oxygen atoms in total. The van der Waals surface area contributed by atoms with Gasteiger partial charge in [0.05, 0.1) is 17.6 Å². The second-order valence-corrected chi connectivity index (χ2v) is 3.76. The van der Waals surface area contributed by atoms with Gasteiger partial charge in [0.25, 0.3) is 0 Å². The molecule has 0 atom stereocenters. The van der Waals surface area contributed by atoms with E-state index in [1.807, 2.05) is 13.0 Å². The van der Waals surface area contributed by atoms with E-state index in [2.05, 4.69) is 15.0 Å². The number of nitrogens with zero attached hydrogens (tertiary/aromatic N) is 4. The smallest absolute Gasteiger partial charge is 0.140 e. The molecule has 0 amide bonds. The largest absolute Gasteiger partial charge is 0.298 e. The predicted octanol–water partition coefficient (Wildman–Crippen LogP) is 2.24. The van der Waals surface area contributed by atoms with Gasteiger partial charge >= 0.3 is 0 Å². The Hall–Kier alpha value is -2.30. The normalized spacial score (nSPS) is 10.9. The predicted molar refractivity (Wildman–Crippen MR) is 60.9 cm³/mol. The van der Waals surface area contributed by atoms with E-state index in [1.165, 1.54) is 18.5 Å². The van der Waals surface area contributed by atoms with Crippen molar-refractivity contribution >= 4 is 5.65 Å². The van der Waals surface area contributed by atoms with Crippen molar-refractivity contribution in [1.82, 2.24) is 19.4 Å². The van der Waals surface area contributed by atoms with Gasteiger partial charge < -0.3 is 0 Å². The number of rotatable bonds is 1. The number of hydrogen-bond acceptors (Lipinski definition) is 3. The van der Waals surface area contributed by atoms with Gasteiger partial charge in [0.1, 0.15) is 17.8 Å². The summed E-state index contributed by atoms with van der Waals surface area (Å²) in [6.45, 7) is 1.90. The highest BCUT2D eigenvalue weighted by Crippen LogP contribution is 2.19. The minimum absolute atomic E-state index is 0.298. The van der Waals surface area contributed by atoms with E-state index in [0.29, 0.717) is 5.65 Å². The summed E-state index contributed by atoms with van der Waals surface area (Å²) in [5.74, 6) is -0.298. The maximum absolute atomic E-state index is 13.0. The van der Waals surface area contributed by atoms with Crippen molar-refractivity contribution in [2.75, 3.05) is 0 Å². The topological polar surface area (TPSA) is 43.1 Å². The van der Waals surface area contributed by atoms with Crippen LogP contribution in [-0.2, 0) is 0 Å². The SMILES string of the molecule is Cc1cc(-c2cnc3cc(F)ccn23)ncn1. The first-order chi connectivity index (χ1) is 8.24. The molecule has 0 spiro atoms. The summed E-state index contributed by atoms with van der Waals surface area (Å²) in [6.07, 6.45) is 4.83. The van der Waals surface area contributed by atoms with Crippen molar-refractivity contribution in [2.45, 2.75) is 6.92 Å². The molecule has 0 fully saturated rings. The number of fused-ring (bicyclic) bond motifs is 1. The van der Waals surface area contributed by atoms with Crippen LogP contribution < -0.4 is 0 Å². The Kier molecular flexibility index (Phi) is 2.11. The van der Waals surface area contributed by atoms with Crippen molar-refractivity contribution in [3.8, 4) is 11.4 Å². The molecule has 0 aliphatic heterocycles. The van der Waals surface area contributed by atoms with Crippen LogP contribution in [0.15, 0.2) is 36.9 Å². The number of halogens is 1. The highest BCUT2D eigenvalue weighted by atomic mass is 19.1. The maximum atomic E-state index is 13.0. The van der Waals surface area contributed by atoms with Gasteiger partial charge in [-0.1, -0.05) is 0 Å². The highest BCUT2D eigenvalue weighted by molar-refractivity contribution is 5.59. The van der Waals surface area contributed by atoms with Gasteiger partial charge in [0.2, 0.25) is 0 Å². The van der Waals surface area contributed by atoms with Crippen molar-refractivity contribution in [2.24, 2.45) is 0 Å². The summed E-state index contributed by atoms with van der Waals surface area (Å²) in [7, 11) is 0. The summed E-state index contributed by atoms with van der Waals surface area (Å²) in [5, 5.41) is 0. The quantitative estimate of drug-likeness (QED) is 0.641. The van der Waals surface area contributed by atoms with Gasteiger partial charge in [0.15, 0.2) is 0 Å². The Labute approximate surface area is 96.8 Å². The Balaban J connectivity index is 2.24. The average molecular weight is 228 g/mol. The van der Waals surface area contributed by atoms with E-state index in [4.69, 9.17) is 0 Å². The average Bonchev–Trinajstić information content (AvgIpc) is 2.71. The lowest BCUT2D eigenvalue weighted by atomic mass is 10.3. The molecule has 0 aliphatic rings. The molecule has 3 rings (SSSR count). The van der Waals surface area contributed by atoms with Gasteiger partial charge in [-0.25, -0.2) is 19.3 Å². The first-order valence-corrected chi connectivity index (χ1v) is 5.16. The molecule has 0 bridgehead atoms. The lowest BCUT2D eigenvalue weighted by molar-refractivity contribution is 0.626. The summed E-state index contributed by atoms with van der Waals surface area (Å²) < 4.78 is 14.8. The van der Waals surface area contributed by atoms with Crippen molar-refractivity contribution < 1.29 is 4.39 Å². The zero-order valence-corrected chi connectivity index (χ0v) is 9.13. The van der Waals surface area contributed by atoms with E-state index in [-0.39, 0.29) is 5.82 Å². The van der Waals surface area contributed by atoms with Crippen molar-refractivity contribution in [3.05, 3.63) is 48.4 Å². The molecule has 3 aromatic heterocycles. The maximum Gasteiger partial charge on any atom is 0.140 e. The molecule has 3 heterocycles. The van der Waals surface area contributed by atoms with Crippen LogP contribution in [0.4, 0.5) is 4.39 Å². The number of hydrogen-bond donors (Lipinski definition) is 0. The third-order valence-electron chi connectivity index (χ3n) is 2.54. The highest BCUT2D eigenvalue weighted by Gasteiger charge is 2.07. The van der Waals surface area contributed by atoms with Gasteiger partial charge in [-0.2, -0.15) is 0 Å². The Morgan fingerprint density at radius 2 is 2.06 bits per heavy atom. The first kappa shape index (κ1) is 9.89. The zero-order valence-electron chi connectivity index (χ0n) is 9.13. The van der Waals surface area contributed by atoms with Crippen LogP contribution in [0.2, 0.25) is 0 Å². The summed E-state index contributed by atoms with van der Waals surface area (Å²) in [5.41, 5.74) is 3.05.